The van der Waals surface area contributed by atoms with Crippen LogP contribution in [-0.4, -0.2) is 38.7 Å². The highest BCUT2D eigenvalue weighted by atomic mass is 32.2. The van der Waals surface area contributed by atoms with Crippen molar-refractivity contribution in [3.63, 3.8) is 0 Å². The molecule has 0 aromatic heterocycles. The van der Waals surface area contributed by atoms with Crippen LogP contribution in [-0.2, 0) is 20.4 Å². The molecule has 1 amide bonds. The summed E-state index contributed by atoms with van der Waals surface area (Å²) in [6, 6.07) is -1.04. The summed E-state index contributed by atoms with van der Waals surface area (Å²) in [6.07, 6.45) is 6.65. The number of unbranched alkanes of at least 4 members (excludes halogenated alkanes) is 5. The molecule has 2 unspecified atom stereocenters. The lowest BCUT2D eigenvalue weighted by molar-refractivity contribution is -0.140. The van der Waals surface area contributed by atoms with Crippen LogP contribution in [0.4, 0.5) is 0 Å². The Balaban J connectivity index is 3.81. The van der Waals surface area contributed by atoms with E-state index in [-0.39, 0.29) is 5.75 Å². The van der Waals surface area contributed by atoms with Crippen LogP contribution in [0.3, 0.4) is 0 Å². The minimum Gasteiger partial charge on any atom is -0.480 e. The van der Waals surface area contributed by atoms with Crippen molar-refractivity contribution >= 4 is 22.7 Å². The molecule has 19 heavy (non-hydrogen) atoms. The lowest BCUT2D eigenvalue weighted by Gasteiger charge is -2.12. The number of carboxylic acid groups (broad SMARTS) is 1. The van der Waals surface area contributed by atoms with Crippen LogP contribution >= 0.6 is 0 Å². The lowest BCUT2D eigenvalue weighted by Crippen LogP contribution is -2.43. The van der Waals surface area contributed by atoms with E-state index in [1.54, 1.807) is 0 Å². The molecule has 6 heteroatoms. The van der Waals surface area contributed by atoms with Gasteiger partial charge in [0, 0.05) is 23.5 Å². The molecule has 0 aliphatic carbocycles. The normalized spacial score (nSPS) is 13.8. The summed E-state index contributed by atoms with van der Waals surface area (Å²) in [4.78, 5) is 21.7. The average Bonchev–Trinajstić information content (AvgIpc) is 2.32. The number of hydrogen-bond acceptors (Lipinski definition) is 3. The van der Waals surface area contributed by atoms with Crippen molar-refractivity contribution in [1.82, 2.24) is 5.32 Å². The summed E-state index contributed by atoms with van der Waals surface area (Å²) in [5, 5.41) is 11.2. The van der Waals surface area contributed by atoms with Crippen molar-refractivity contribution in [2.24, 2.45) is 0 Å². The molecule has 0 spiro atoms. The third-order valence-electron chi connectivity index (χ3n) is 2.75. The first-order valence-corrected chi connectivity index (χ1v) is 8.31. The minimum atomic E-state index is -1.19. The molecule has 0 heterocycles. The number of carbonyl (C=O) groups excluding carboxylic acids is 1. The van der Waals surface area contributed by atoms with E-state index in [9.17, 15) is 13.8 Å². The Kier molecular flexibility index (Phi) is 10.4. The van der Waals surface area contributed by atoms with Crippen LogP contribution in [0.25, 0.3) is 0 Å². The number of carboxylic acids is 1. The number of nitrogens with one attached hydrogen (secondary N) is 1. The van der Waals surface area contributed by atoms with Gasteiger partial charge in [-0.3, -0.25) is 9.00 Å². The van der Waals surface area contributed by atoms with Gasteiger partial charge in [-0.1, -0.05) is 39.0 Å². The summed E-state index contributed by atoms with van der Waals surface area (Å²) >= 11 is 0. The van der Waals surface area contributed by atoms with Crippen LogP contribution in [0, 0.1) is 0 Å². The Bertz CT molecular complexity index is 307. The van der Waals surface area contributed by atoms with E-state index in [0.29, 0.717) is 5.75 Å². The molecule has 0 rings (SSSR count). The molecule has 0 bridgehead atoms. The van der Waals surface area contributed by atoms with Gasteiger partial charge in [0.1, 0.15) is 6.04 Å². The largest absolute Gasteiger partial charge is 0.480 e. The van der Waals surface area contributed by atoms with Crippen molar-refractivity contribution in [3.05, 3.63) is 0 Å². The first kappa shape index (κ1) is 18.1. The van der Waals surface area contributed by atoms with E-state index in [4.69, 9.17) is 5.11 Å². The minimum absolute atomic E-state index is 0.0100. The van der Waals surface area contributed by atoms with E-state index in [2.05, 4.69) is 12.2 Å². The van der Waals surface area contributed by atoms with Crippen LogP contribution in [0.2, 0.25) is 0 Å². The second-order valence-electron chi connectivity index (χ2n) is 4.67. The van der Waals surface area contributed by atoms with Crippen LogP contribution in [0.15, 0.2) is 0 Å². The molecule has 0 saturated carbocycles. The van der Waals surface area contributed by atoms with Gasteiger partial charge >= 0.3 is 5.97 Å². The Morgan fingerprint density at radius 1 is 1.16 bits per heavy atom. The first-order chi connectivity index (χ1) is 8.97. The highest BCUT2D eigenvalue weighted by Gasteiger charge is 2.20. The van der Waals surface area contributed by atoms with Gasteiger partial charge in [-0.2, -0.15) is 0 Å². The fraction of sp³-hybridized carbons (Fsp3) is 0.846. The third kappa shape index (κ3) is 10.7. The maximum Gasteiger partial charge on any atom is 0.327 e. The number of rotatable bonds is 11. The van der Waals surface area contributed by atoms with Crippen molar-refractivity contribution in [3.8, 4) is 0 Å². The van der Waals surface area contributed by atoms with Gasteiger partial charge in [0.2, 0.25) is 5.91 Å². The zero-order chi connectivity index (χ0) is 14.7. The average molecular weight is 291 g/mol. The fourth-order valence-electron chi connectivity index (χ4n) is 1.73. The Labute approximate surface area is 117 Å². The van der Waals surface area contributed by atoms with Gasteiger partial charge in [-0.15, -0.1) is 0 Å². The van der Waals surface area contributed by atoms with E-state index < -0.39 is 28.7 Å². The van der Waals surface area contributed by atoms with Crippen LogP contribution < -0.4 is 5.32 Å². The van der Waals surface area contributed by atoms with Crippen molar-refractivity contribution in [2.75, 3.05) is 11.5 Å². The maximum atomic E-state index is 11.7. The molecule has 0 fully saturated rings. The molecule has 0 aromatic rings. The van der Waals surface area contributed by atoms with Crippen LogP contribution in [0.5, 0.6) is 0 Å². The zero-order valence-electron chi connectivity index (χ0n) is 11.8. The Morgan fingerprint density at radius 2 is 1.74 bits per heavy atom. The molecule has 5 nitrogen and oxygen atoms in total. The molecule has 0 aromatic carbocycles. The highest BCUT2D eigenvalue weighted by molar-refractivity contribution is 7.85. The second kappa shape index (κ2) is 11.0. The topological polar surface area (TPSA) is 83.5 Å². The monoisotopic (exact) mass is 291 g/mol. The predicted molar refractivity (Wildman–Crippen MR) is 76.5 cm³/mol. The predicted octanol–water partition coefficient (Wildman–Crippen LogP) is 1.68. The summed E-state index contributed by atoms with van der Waals surface area (Å²) in [5.74, 6) is -1.05. The highest BCUT2D eigenvalue weighted by Crippen LogP contribution is 2.06. The van der Waals surface area contributed by atoms with Gasteiger partial charge in [-0.25, -0.2) is 4.79 Å². The van der Waals surface area contributed by atoms with Gasteiger partial charge < -0.3 is 10.4 Å². The van der Waals surface area contributed by atoms with Gasteiger partial charge in [0.25, 0.3) is 0 Å². The molecule has 2 N–H and O–H groups in total. The molecular formula is C13H25NO4S. The summed E-state index contributed by atoms with van der Waals surface area (Å²) in [6.45, 7) is 3.41. The fourth-order valence-corrected chi connectivity index (χ4v) is 3.02. The third-order valence-corrected chi connectivity index (χ3v) is 4.20. The molecule has 0 radical (unpaired) electrons. The lowest BCUT2D eigenvalue weighted by atomic mass is 10.1. The smallest absolute Gasteiger partial charge is 0.327 e. The van der Waals surface area contributed by atoms with Crippen molar-refractivity contribution < 1.29 is 18.9 Å². The second-order valence-corrected chi connectivity index (χ2v) is 6.29. The van der Waals surface area contributed by atoms with Crippen molar-refractivity contribution in [2.45, 2.75) is 58.4 Å². The Hall–Kier alpha value is -0.910. The molecular weight excluding hydrogens is 266 g/mol. The SMILES string of the molecule is CCCCCCCCS(=O)CC(NC(C)=O)C(=O)O. The van der Waals surface area contributed by atoms with Gasteiger partial charge in [-0.05, 0) is 6.42 Å². The number of amides is 1. The van der Waals surface area contributed by atoms with E-state index in [1.165, 1.54) is 26.2 Å². The molecule has 0 saturated heterocycles. The first-order valence-electron chi connectivity index (χ1n) is 6.82. The molecule has 0 aliphatic rings. The molecule has 112 valence electrons. The van der Waals surface area contributed by atoms with Crippen molar-refractivity contribution in [1.29, 1.82) is 0 Å². The summed E-state index contributed by atoms with van der Waals surface area (Å²) in [5.41, 5.74) is 0. The number of carbonyl (C=O) groups is 2. The van der Waals surface area contributed by atoms with Gasteiger partial charge in [0.15, 0.2) is 0 Å². The molecule has 0 aliphatic heterocycles. The summed E-state index contributed by atoms with van der Waals surface area (Å²) in [7, 11) is -1.19. The van der Waals surface area contributed by atoms with E-state index >= 15 is 0 Å². The molecule has 2 atom stereocenters. The number of aliphatic carboxylic acids is 1. The Morgan fingerprint density at radius 3 is 2.26 bits per heavy atom. The maximum absolute atomic E-state index is 11.7. The van der Waals surface area contributed by atoms with Gasteiger partial charge in [0.05, 0.1) is 5.75 Å². The quantitative estimate of drug-likeness (QED) is 0.567. The summed E-state index contributed by atoms with van der Waals surface area (Å²) < 4.78 is 11.7. The van der Waals surface area contributed by atoms with E-state index in [1.807, 2.05) is 0 Å². The van der Waals surface area contributed by atoms with Crippen LogP contribution in [0.1, 0.15) is 52.4 Å². The number of hydrogen-bond donors (Lipinski definition) is 2. The zero-order valence-corrected chi connectivity index (χ0v) is 12.6. The standard InChI is InChI=1S/C13H25NO4S/c1-3-4-5-6-7-8-9-19(18)10-12(13(16)17)14-11(2)15/h12H,3-10H2,1-2H3,(H,14,15)(H,16,17). The van der Waals surface area contributed by atoms with E-state index in [0.717, 1.165) is 19.3 Å².